The third-order valence-electron chi connectivity index (χ3n) is 19.3. The molecule has 1 rings (SSSR count). The lowest BCUT2D eigenvalue weighted by molar-refractivity contribution is 0.0373. The van der Waals surface area contributed by atoms with Crippen molar-refractivity contribution in [2.75, 3.05) is 19.8 Å². The van der Waals surface area contributed by atoms with E-state index in [4.69, 9.17) is 14.2 Å². The summed E-state index contributed by atoms with van der Waals surface area (Å²) in [5, 5.41) is 0. The predicted molar refractivity (Wildman–Crippen MR) is 379 cm³/mol. The highest BCUT2D eigenvalue weighted by Gasteiger charge is 2.25. The predicted octanol–water partition coefficient (Wildman–Crippen LogP) is 27.5. The summed E-state index contributed by atoms with van der Waals surface area (Å²) in [4.78, 5) is 43.3. The van der Waals surface area contributed by atoms with Crippen LogP contribution in [0.4, 0.5) is 0 Å². The zero-order valence-electron chi connectivity index (χ0n) is 59.5. The molecule has 0 spiro atoms. The molecule has 1 aromatic rings. The molecule has 0 aliphatic heterocycles. The van der Waals surface area contributed by atoms with Crippen LogP contribution in [-0.4, -0.2) is 37.7 Å². The van der Waals surface area contributed by atoms with Gasteiger partial charge in [-0.15, -0.1) is 0 Å². The first kappa shape index (κ1) is 82.6. The van der Waals surface area contributed by atoms with Crippen molar-refractivity contribution in [1.82, 2.24) is 0 Å². The largest absolute Gasteiger partial charge is 0.462 e. The van der Waals surface area contributed by atoms with E-state index in [0.29, 0.717) is 31.3 Å². The van der Waals surface area contributed by atoms with E-state index in [-0.39, 0.29) is 23.0 Å². The van der Waals surface area contributed by atoms with Crippen molar-refractivity contribution in [1.29, 1.82) is 0 Å². The van der Waals surface area contributed by atoms with Crippen LogP contribution in [0, 0.1) is 17.8 Å². The number of carbonyl (C=O) groups excluding carboxylic acids is 3. The lowest BCUT2D eigenvalue weighted by Crippen LogP contribution is -2.21. The highest BCUT2D eigenvalue weighted by molar-refractivity contribution is 6.05. The average molecular weight is 1220 g/mol. The zero-order valence-corrected chi connectivity index (χ0v) is 59.5. The standard InChI is InChI=1S/C81H150O6/c1-7-13-19-25-31-37-40-46-52-56-62-73(61-55-49-43-34-28-22-16-10-4)70-85-79(82)76-67-68-77(80(83)86-71-74(63-57-50-44-35-29-23-17-11-5)64-59-53-47-41-38-32-26-20-14-8-2)78(69-76)81(84)87-72-75(65-58-51-45-36-30-24-18-12-6)66-60-54-48-42-39-33-27-21-15-9-3/h67-69,73-75H,7-66,70-72H2,1-6H3. The van der Waals surface area contributed by atoms with Crippen molar-refractivity contribution in [2.24, 2.45) is 17.8 Å². The minimum atomic E-state index is -0.532. The Labute approximate surface area is 543 Å². The average Bonchev–Trinajstić information content (AvgIpc) is 1.94. The second-order valence-electron chi connectivity index (χ2n) is 27.9. The molecule has 3 atom stereocenters. The molecule has 6 nitrogen and oxygen atoms in total. The van der Waals surface area contributed by atoms with Gasteiger partial charge >= 0.3 is 17.9 Å². The van der Waals surface area contributed by atoms with Gasteiger partial charge in [-0.2, -0.15) is 0 Å². The van der Waals surface area contributed by atoms with Gasteiger partial charge in [-0.05, 0) is 74.5 Å². The Hall–Kier alpha value is -2.37. The fourth-order valence-electron chi connectivity index (χ4n) is 13.2. The maximum absolute atomic E-state index is 14.6. The first-order valence-electron chi connectivity index (χ1n) is 39.5. The Morgan fingerprint density at radius 3 is 0.644 bits per heavy atom. The second kappa shape index (κ2) is 65.1. The van der Waals surface area contributed by atoms with E-state index >= 15 is 0 Å². The van der Waals surface area contributed by atoms with Crippen LogP contribution < -0.4 is 0 Å². The summed E-state index contributed by atoms with van der Waals surface area (Å²) in [5.41, 5.74) is 0.635. The Bertz CT molecular complexity index is 1620. The zero-order chi connectivity index (χ0) is 63.0. The summed E-state index contributed by atoms with van der Waals surface area (Å²) in [5.74, 6) is -0.584. The molecule has 0 aromatic heterocycles. The third-order valence-corrected chi connectivity index (χ3v) is 19.3. The van der Waals surface area contributed by atoms with Gasteiger partial charge < -0.3 is 14.2 Å². The van der Waals surface area contributed by atoms with Crippen LogP contribution in [0.2, 0.25) is 0 Å². The van der Waals surface area contributed by atoms with Crippen molar-refractivity contribution >= 4 is 17.9 Å². The molecule has 3 unspecified atom stereocenters. The number of benzene rings is 1. The van der Waals surface area contributed by atoms with Crippen LogP contribution in [0.15, 0.2) is 18.2 Å². The molecule has 0 saturated carbocycles. The molecular formula is C81H150O6. The fourth-order valence-corrected chi connectivity index (χ4v) is 13.2. The van der Waals surface area contributed by atoms with Gasteiger partial charge in [0.05, 0.1) is 36.5 Å². The van der Waals surface area contributed by atoms with E-state index in [0.717, 1.165) is 64.2 Å². The molecular weight excluding hydrogens is 1070 g/mol. The molecule has 0 aliphatic rings. The monoisotopic (exact) mass is 1220 g/mol. The molecule has 0 fully saturated rings. The number of ether oxygens (including phenoxy) is 3. The summed E-state index contributed by atoms with van der Waals surface area (Å²) in [6.07, 6.45) is 76.1. The van der Waals surface area contributed by atoms with E-state index in [9.17, 15) is 14.4 Å². The summed E-state index contributed by atoms with van der Waals surface area (Å²) in [6, 6.07) is 4.92. The summed E-state index contributed by atoms with van der Waals surface area (Å²) < 4.78 is 18.8. The first-order valence-corrected chi connectivity index (χ1v) is 39.5. The lowest BCUT2D eigenvalue weighted by atomic mass is 9.94. The molecule has 0 amide bonds. The molecule has 0 bridgehead atoms. The van der Waals surface area contributed by atoms with Crippen molar-refractivity contribution < 1.29 is 28.6 Å². The molecule has 1 aromatic carbocycles. The number of hydrogen-bond donors (Lipinski definition) is 0. The Morgan fingerprint density at radius 1 is 0.241 bits per heavy atom. The van der Waals surface area contributed by atoms with Crippen molar-refractivity contribution in [3.63, 3.8) is 0 Å². The normalized spacial score (nSPS) is 12.6. The Balaban J connectivity index is 3.36. The van der Waals surface area contributed by atoms with Crippen LogP contribution in [0.25, 0.3) is 0 Å². The molecule has 87 heavy (non-hydrogen) atoms. The minimum Gasteiger partial charge on any atom is -0.462 e. The number of esters is 3. The number of rotatable bonds is 69. The van der Waals surface area contributed by atoms with Crippen LogP contribution in [0.3, 0.4) is 0 Å². The quantitative estimate of drug-likeness (QED) is 0.0367. The second-order valence-corrected chi connectivity index (χ2v) is 27.9. The fraction of sp³-hybridized carbons (Fsp3) is 0.889. The summed E-state index contributed by atoms with van der Waals surface area (Å²) in [7, 11) is 0. The van der Waals surface area contributed by atoms with Crippen molar-refractivity contribution in [2.45, 2.75) is 427 Å². The highest BCUT2D eigenvalue weighted by atomic mass is 16.5. The molecule has 0 N–H and O–H groups in total. The molecule has 0 heterocycles. The van der Waals surface area contributed by atoms with E-state index in [2.05, 4.69) is 41.5 Å². The van der Waals surface area contributed by atoms with Gasteiger partial charge in [-0.25, -0.2) is 14.4 Å². The molecule has 510 valence electrons. The van der Waals surface area contributed by atoms with E-state index < -0.39 is 17.9 Å². The van der Waals surface area contributed by atoms with Crippen molar-refractivity contribution in [3.8, 4) is 0 Å². The highest BCUT2D eigenvalue weighted by Crippen LogP contribution is 2.27. The minimum absolute atomic E-state index is 0.134. The van der Waals surface area contributed by atoms with Gasteiger partial charge in [0, 0.05) is 0 Å². The molecule has 0 saturated heterocycles. The Kier molecular flexibility index (Phi) is 61.9. The number of hydrogen-bond acceptors (Lipinski definition) is 6. The SMILES string of the molecule is CCCCCCCCCCCCC(CCCCCCCCCC)COC(=O)c1ccc(C(=O)OCC(CCCCCCCCCC)CCCCCCCCCCCC)c(C(=O)OCC(CCCCCCCCCC)CCCCCCCCCCCC)c1. The topological polar surface area (TPSA) is 78.9 Å². The van der Waals surface area contributed by atoms with Gasteiger partial charge in [0.15, 0.2) is 0 Å². The first-order chi connectivity index (χ1) is 42.8. The number of unbranched alkanes of at least 4 members (excludes halogenated alkanes) is 48. The maximum atomic E-state index is 14.6. The lowest BCUT2D eigenvalue weighted by Gasteiger charge is -2.20. The van der Waals surface area contributed by atoms with Gasteiger partial charge in [0.25, 0.3) is 0 Å². The van der Waals surface area contributed by atoms with E-state index in [1.807, 2.05) is 0 Å². The van der Waals surface area contributed by atoms with Gasteiger partial charge in [0.1, 0.15) is 0 Å². The molecule has 0 radical (unpaired) electrons. The van der Waals surface area contributed by atoms with E-state index in [1.165, 1.54) is 321 Å². The van der Waals surface area contributed by atoms with Crippen molar-refractivity contribution in [3.05, 3.63) is 34.9 Å². The van der Waals surface area contributed by atoms with Gasteiger partial charge in [-0.1, -0.05) is 388 Å². The van der Waals surface area contributed by atoms with E-state index in [1.54, 1.807) is 18.2 Å². The van der Waals surface area contributed by atoms with Crippen LogP contribution >= 0.6 is 0 Å². The molecule has 0 aliphatic carbocycles. The van der Waals surface area contributed by atoms with Gasteiger partial charge in [-0.3, -0.25) is 0 Å². The van der Waals surface area contributed by atoms with Crippen LogP contribution in [0.1, 0.15) is 458 Å². The summed E-state index contributed by atoms with van der Waals surface area (Å²) in [6.45, 7) is 14.8. The van der Waals surface area contributed by atoms with Crippen LogP contribution in [-0.2, 0) is 14.2 Å². The Morgan fingerprint density at radius 2 is 0.425 bits per heavy atom. The smallest absolute Gasteiger partial charge is 0.339 e. The number of carbonyl (C=O) groups is 3. The van der Waals surface area contributed by atoms with Crippen LogP contribution in [0.5, 0.6) is 0 Å². The molecule has 6 heteroatoms. The summed E-state index contributed by atoms with van der Waals surface area (Å²) >= 11 is 0. The van der Waals surface area contributed by atoms with Gasteiger partial charge in [0.2, 0.25) is 0 Å². The maximum Gasteiger partial charge on any atom is 0.339 e. The third kappa shape index (κ3) is 51.9.